The molecule has 0 heteroatoms. The Kier molecular flexibility index (Phi) is 2.22. The molecule has 0 amide bonds. The lowest BCUT2D eigenvalue weighted by molar-refractivity contribution is 0.804. The van der Waals surface area contributed by atoms with Crippen LogP contribution in [0.5, 0.6) is 0 Å². The normalized spacial score (nSPS) is 26.6. The summed E-state index contributed by atoms with van der Waals surface area (Å²) in [6.07, 6.45) is 6.04. The number of allylic oxidation sites excluding steroid dienone is 2. The van der Waals surface area contributed by atoms with Gasteiger partial charge in [0.15, 0.2) is 0 Å². The van der Waals surface area contributed by atoms with Crippen molar-refractivity contribution in [2.75, 3.05) is 0 Å². The highest BCUT2D eigenvalue weighted by molar-refractivity contribution is 5.47. The molecule has 2 aliphatic carbocycles. The van der Waals surface area contributed by atoms with Crippen LogP contribution in [-0.2, 0) is 0 Å². The Morgan fingerprint density at radius 3 is 1.85 bits per heavy atom. The van der Waals surface area contributed by atoms with Crippen LogP contribution < -0.4 is 0 Å². The number of rotatable bonds is 0. The number of fused-ring (bicyclic) bond motifs is 5. The molecule has 1 aromatic rings. The SMILES string of the molecule is C1=CC2CC1c1ccccc12.CC. The van der Waals surface area contributed by atoms with E-state index in [1.54, 1.807) is 11.1 Å². The zero-order chi connectivity index (χ0) is 9.26. The van der Waals surface area contributed by atoms with Crippen LogP contribution >= 0.6 is 0 Å². The topological polar surface area (TPSA) is 0 Å². The second-order valence-electron chi connectivity index (χ2n) is 3.46. The highest BCUT2D eigenvalue weighted by Gasteiger charge is 2.31. The van der Waals surface area contributed by atoms with E-state index in [2.05, 4.69) is 36.4 Å². The van der Waals surface area contributed by atoms with Crippen LogP contribution in [0, 0.1) is 0 Å². The van der Waals surface area contributed by atoms with Crippen LogP contribution in [0.15, 0.2) is 36.4 Å². The zero-order valence-electron chi connectivity index (χ0n) is 8.33. The molecule has 0 aliphatic heterocycles. The standard InChI is InChI=1S/C11H10.C2H6/c1-2-4-11-9-6-5-8(7-9)10(11)3-1;1-2/h1-6,8-9H,7H2;1-2H3. The molecular formula is C13H16. The smallest absolute Gasteiger partial charge is 0.00299 e. The Labute approximate surface area is 80.3 Å². The second-order valence-corrected chi connectivity index (χ2v) is 3.46. The van der Waals surface area contributed by atoms with Gasteiger partial charge in [0, 0.05) is 11.8 Å². The Morgan fingerprint density at radius 1 is 0.923 bits per heavy atom. The van der Waals surface area contributed by atoms with Crippen molar-refractivity contribution >= 4 is 0 Å². The third-order valence-electron chi connectivity index (χ3n) is 2.88. The van der Waals surface area contributed by atoms with E-state index in [4.69, 9.17) is 0 Å². The minimum Gasteiger partial charge on any atom is -0.0804 e. The van der Waals surface area contributed by atoms with Gasteiger partial charge in [-0.05, 0) is 17.5 Å². The van der Waals surface area contributed by atoms with E-state index in [0.29, 0.717) is 0 Å². The highest BCUT2D eigenvalue weighted by Crippen LogP contribution is 2.47. The molecular weight excluding hydrogens is 156 g/mol. The molecule has 2 unspecified atom stereocenters. The van der Waals surface area contributed by atoms with Crippen molar-refractivity contribution in [2.24, 2.45) is 0 Å². The number of benzene rings is 1. The minimum absolute atomic E-state index is 0.746. The molecule has 13 heavy (non-hydrogen) atoms. The van der Waals surface area contributed by atoms with Gasteiger partial charge in [-0.25, -0.2) is 0 Å². The van der Waals surface area contributed by atoms with Gasteiger partial charge in [0.25, 0.3) is 0 Å². The van der Waals surface area contributed by atoms with E-state index in [9.17, 15) is 0 Å². The van der Waals surface area contributed by atoms with Gasteiger partial charge < -0.3 is 0 Å². The maximum Gasteiger partial charge on any atom is 0.00299 e. The van der Waals surface area contributed by atoms with E-state index < -0.39 is 0 Å². The summed E-state index contributed by atoms with van der Waals surface area (Å²) in [7, 11) is 0. The molecule has 0 nitrogen and oxygen atoms in total. The highest BCUT2D eigenvalue weighted by atomic mass is 14.3. The third-order valence-corrected chi connectivity index (χ3v) is 2.88. The molecule has 0 aromatic heterocycles. The van der Waals surface area contributed by atoms with Gasteiger partial charge in [0.05, 0.1) is 0 Å². The maximum atomic E-state index is 2.35. The summed E-state index contributed by atoms with van der Waals surface area (Å²) >= 11 is 0. The molecule has 0 saturated heterocycles. The fourth-order valence-corrected chi connectivity index (χ4v) is 2.35. The molecule has 2 bridgehead atoms. The predicted molar refractivity (Wildman–Crippen MR) is 57.0 cm³/mol. The molecule has 68 valence electrons. The zero-order valence-corrected chi connectivity index (χ0v) is 8.33. The largest absolute Gasteiger partial charge is 0.0804 e. The van der Waals surface area contributed by atoms with Crippen molar-refractivity contribution < 1.29 is 0 Å². The van der Waals surface area contributed by atoms with E-state index in [0.717, 1.165) is 11.8 Å². The molecule has 0 saturated carbocycles. The number of hydrogen-bond donors (Lipinski definition) is 0. The van der Waals surface area contributed by atoms with E-state index in [1.165, 1.54) is 6.42 Å². The average molecular weight is 172 g/mol. The first kappa shape index (κ1) is 8.55. The van der Waals surface area contributed by atoms with Gasteiger partial charge >= 0.3 is 0 Å². The summed E-state index contributed by atoms with van der Waals surface area (Å²) in [4.78, 5) is 0. The molecule has 0 radical (unpaired) electrons. The first-order chi connectivity index (χ1) is 6.45. The number of hydrogen-bond acceptors (Lipinski definition) is 0. The molecule has 2 atom stereocenters. The van der Waals surface area contributed by atoms with Crippen molar-refractivity contribution in [3.05, 3.63) is 47.5 Å². The summed E-state index contributed by atoms with van der Waals surface area (Å²) in [6, 6.07) is 8.83. The summed E-state index contributed by atoms with van der Waals surface area (Å²) in [5.41, 5.74) is 3.14. The monoisotopic (exact) mass is 172 g/mol. The van der Waals surface area contributed by atoms with Crippen molar-refractivity contribution in [1.29, 1.82) is 0 Å². The molecule has 0 spiro atoms. The first-order valence-corrected chi connectivity index (χ1v) is 5.22. The lowest BCUT2D eigenvalue weighted by Gasteiger charge is -2.08. The summed E-state index contributed by atoms with van der Waals surface area (Å²) in [6.45, 7) is 4.00. The van der Waals surface area contributed by atoms with Gasteiger partial charge in [0.1, 0.15) is 0 Å². The summed E-state index contributed by atoms with van der Waals surface area (Å²) in [5.74, 6) is 1.49. The van der Waals surface area contributed by atoms with Gasteiger partial charge in [0.2, 0.25) is 0 Å². The van der Waals surface area contributed by atoms with Gasteiger partial charge in [-0.1, -0.05) is 50.3 Å². The molecule has 1 aromatic carbocycles. The van der Waals surface area contributed by atoms with Gasteiger partial charge in [-0.3, -0.25) is 0 Å². The molecule has 2 aliphatic rings. The van der Waals surface area contributed by atoms with Crippen molar-refractivity contribution in [1.82, 2.24) is 0 Å². The average Bonchev–Trinajstić information content (AvgIpc) is 2.82. The van der Waals surface area contributed by atoms with Crippen LogP contribution in [0.2, 0.25) is 0 Å². The fraction of sp³-hybridized carbons (Fsp3) is 0.385. The van der Waals surface area contributed by atoms with E-state index in [1.807, 2.05) is 13.8 Å². The molecule has 0 fully saturated rings. The molecule has 0 N–H and O–H groups in total. The van der Waals surface area contributed by atoms with Crippen LogP contribution in [0.1, 0.15) is 43.2 Å². The summed E-state index contributed by atoms with van der Waals surface area (Å²) < 4.78 is 0. The Hall–Kier alpha value is -1.04. The van der Waals surface area contributed by atoms with Crippen LogP contribution in [0.25, 0.3) is 0 Å². The molecule has 3 rings (SSSR count). The predicted octanol–water partition coefficient (Wildman–Crippen LogP) is 3.85. The quantitative estimate of drug-likeness (QED) is 0.521. The maximum absolute atomic E-state index is 2.35. The Bertz CT molecular complexity index is 292. The minimum atomic E-state index is 0.746. The fourth-order valence-electron chi connectivity index (χ4n) is 2.35. The van der Waals surface area contributed by atoms with E-state index in [-0.39, 0.29) is 0 Å². The van der Waals surface area contributed by atoms with Gasteiger partial charge in [-0.2, -0.15) is 0 Å². The Morgan fingerprint density at radius 2 is 1.38 bits per heavy atom. The lowest BCUT2D eigenvalue weighted by Crippen LogP contribution is -1.90. The second kappa shape index (κ2) is 3.37. The summed E-state index contributed by atoms with van der Waals surface area (Å²) in [5, 5.41) is 0. The lowest BCUT2D eigenvalue weighted by atomic mass is 9.97. The first-order valence-electron chi connectivity index (χ1n) is 5.22. The van der Waals surface area contributed by atoms with Crippen LogP contribution in [0.4, 0.5) is 0 Å². The van der Waals surface area contributed by atoms with Crippen LogP contribution in [-0.4, -0.2) is 0 Å². The van der Waals surface area contributed by atoms with E-state index >= 15 is 0 Å². The van der Waals surface area contributed by atoms with Crippen molar-refractivity contribution in [3.63, 3.8) is 0 Å². The van der Waals surface area contributed by atoms with Crippen LogP contribution in [0.3, 0.4) is 0 Å². The van der Waals surface area contributed by atoms with Crippen molar-refractivity contribution in [3.8, 4) is 0 Å². The van der Waals surface area contributed by atoms with Gasteiger partial charge in [-0.15, -0.1) is 0 Å². The van der Waals surface area contributed by atoms with Crippen molar-refractivity contribution in [2.45, 2.75) is 32.1 Å². The Balaban J connectivity index is 0.000000308. The third kappa shape index (κ3) is 1.21. The molecule has 0 heterocycles.